The van der Waals surface area contributed by atoms with E-state index in [9.17, 15) is 0 Å². The van der Waals surface area contributed by atoms with Gasteiger partial charge in [0.1, 0.15) is 11.9 Å². The highest BCUT2D eigenvalue weighted by molar-refractivity contribution is 5.31. The fourth-order valence-corrected chi connectivity index (χ4v) is 2.32. The molecule has 6 nitrogen and oxygen atoms in total. The number of aromatic nitrogens is 3. The van der Waals surface area contributed by atoms with Gasteiger partial charge in [-0.15, -0.1) is 0 Å². The summed E-state index contributed by atoms with van der Waals surface area (Å²) in [5.41, 5.74) is 7.14. The van der Waals surface area contributed by atoms with Crippen molar-refractivity contribution in [3.8, 4) is 5.75 Å². The van der Waals surface area contributed by atoms with Gasteiger partial charge >= 0.3 is 0 Å². The summed E-state index contributed by atoms with van der Waals surface area (Å²) in [7, 11) is 1.64. The first-order valence-electron chi connectivity index (χ1n) is 6.71. The van der Waals surface area contributed by atoms with Crippen LogP contribution in [-0.2, 0) is 4.74 Å². The van der Waals surface area contributed by atoms with E-state index in [-0.39, 0.29) is 12.1 Å². The molecule has 1 aromatic carbocycles. The van der Waals surface area contributed by atoms with Crippen molar-refractivity contribution in [3.05, 3.63) is 41.5 Å². The van der Waals surface area contributed by atoms with E-state index in [1.165, 1.54) is 0 Å². The van der Waals surface area contributed by atoms with Gasteiger partial charge in [0.25, 0.3) is 0 Å². The van der Waals surface area contributed by atoms with Gasteiger partial charge in [-0.1, -0.05) is 12.1 Å². The molecule has 0 unspecified atom stereocenters. The lowest BCUT2D eigenvalue weighted by Crippen LogP contribution is -2.13. The van der Waals surface area contributed by atoms with E-state index in [2.05, 4.69) is 15.2 Å². The molecule has 20 heavy (non-hydrogen) atoms. The fourth-order valence-electron chi connectivity index (χ4n) is 2.32. The minimum absolute atomic E-state index is 0.0271. The Balaban J connectivity index is 1.77. The molecule has 0 spiro atoms. The van der Waals surface area contributed by atoms with E-state index in [1.807, 2.05) is 24.3 Å². The topological polar surface area (TPSA) is 86.0 Å². The Labute approximate surface area is 117 Å². The Bertz CT molecular complexity index is 561. The number of nitrogens with one attached hydrogen (secondary N) is 1. The number of H-pyrrole nitrogens is 1. The van der Waals surface area contributed by atoms with Crippen molar-refractivity contribution < 1.29 is 9.47 Å². The molecule has 2 aromatic rings. The van der Waals surface area contributed by atoms with Gasteiger partial charge in [0.15, 0.2) is 11.6 Å². The number of nitrogens with zero attached hydrogens (tertiary/aromatic N) is 2. The number of ether oxygens (including phenoxy) is 2. The second kappa shape index (κ2) is 5.60. The predicted octanol–water partition coefficient (Wildman–Crippen LogP) is 1.71. The van der Waals surface area contributed by atoms with Gasteiger partial charge in [0.05, 0.1) is 13.2 Å². The summed E-state index contributed by atoms with van der Waals surface area (Å²) < 4.78 is 10.7. The van der Waals surface area contributed by atoms with Crippen LogP contribution in [-0.4, -0.2) is 28.9 Å². The number of hydrogen-bond acceptors (Lipinski definition) is 5. The van der Waals surface area contributed by atoms with Crippen LogP contribution in [0.5, 0.6) is 5.75 Å². The van der Waals surface area contributed by atoms with Crippen LogP contribution in [0.25, 0.3) is 0 Å². The van der Waals surface area contributed by atoms with Crippen molar-refractivity contribution in [2.45, 2.75) is 25.0 Å². The Morgan fingerprint density at radius 1 is 1.40 bits per heavy atom. The normalized spacial score (nSPS) is 20.0. The zero-order valence-electron chi connectivity index (χ0n) is 11.4. The summed E-state index contributed by atoms with van der Waals surface area (Å²) in [5, 5.41) is 7.14. The third-order valence-corrected chi connectivity index (χ3v) is 3.51. The molecule has 1 aliphatic rings. The average molecular weight is 274 g/mol. The molecular weight excluding hydrogens is 256 g/mol. The molecule has 2 heterocycles. The maximum Gasteiger partial charge on any atom is 0.171 e. The SMILES string of the molecule is COc1ccc([C@H](N)c2n[nH]c([C@@H]3CCCO3)n2)cc1. The molecule has 0 amide bonds. The summed E-state index contributed by atoms with van der Waals surface area (Å²) in [6.45, 7) is 0.783. The fraction of sp³-hybridized carbons (Fsp3) is 0.429. The highest BCUT2D eigenvalue weighted by Gasteiger charge is 2.23. The van der Waals surface area contributed by atoms with Gasteiger partial charge < -0.3 is 15.2 Å². The van der Waals surface area contributed by atoms with Crippen LogP contribution in [0.1, 0.15) is 42.2 Å². The Morgan fingerprint density at radius 2 is 2.20 bits per heavy atom. The van der Waals surface area contributed by atoms with Gasteiger partial charge in [-0.05, 0) is 30.5 Å². The number of benzene rings is 1. The van der Waals surface area contributed by atoms with Crippen LogP contribution < -0.4 is 10.5 Å². The predicted molar refractivity (Wildman–Crippen MR) is 73.3 cm³/mol. The first kappa shape index (κ1) is 13.1. The van der Waals surface area contributed by atoms with Crippen molar-refractivity contribution >= 4 is 0 Å². The van der Waals surface area contributed by atoms with Crippen LogP contribution in [0.4, 0.5) is 0 Å². The summed E-state index contributed by atoms with van der Waals surface area (Å²) in [4.78, 5) is 4.46. The average Bonchev–Trinajstić information content (AvgIpc) is 3.17. The lowest BCUT2D eigenvalue weighted by molar-refractivity contribution is 0.105. The quantitative estimate of drug-likeness (QED) is 0.886. The first-order valence-corrected chi connectivity index (χ1v) is 6.71. The van der Waals surface area contributed by atoms with E-state index in [0.717, 1.165) is 36.6 Å². The molecule has 0 radical (unpaired) electrons. The number of hydrogen-bond donors (Lipinski definition) is 2. The minimum Gasteiger partial charge on any atom is -0.497 e. The van der Waals surface area contributed by atoms with Gasteiger partial charge in [0.2, 0.25) is 0 Å². The number of aromatic amines is 1. The minimum atomic E-state index is -0.354. The highest BCUT2D eigenvalue weighted by Crippen LogP contribution is 2.27. The molecule has 1 aliphatic heterocycles. The van der Waals surface area contributed by atoms with E-state index in [4.69, 9.17) is 15.2 Å². The largest absolute Gasteiger partial charge is 0.497 e. The van der Waals surface area contributed by atoms with Gasteiger partial charge in [0, 0.05) is 6.61 Å². The lowest BCUT2D eigenvalue weighted by atomic mass is 10.1. The first-order chi connectivity index (χ1) is 9.78. The summed E-state index contributed by atoms with van der Waals surface area (Å²) >= 11 is 0. The second-order valence-electron chi connectivity index (χ2n) is 4.83. The Morgan fingerprint density at radius 3 is 2.85 bits per heavy atom. The molecule has 3 N–H and O–H groups in total. The molecule has 0 saturated carbocycles. The third kappa shape index (κ3) is 2.52. The summed E-state index contributed by atoms with van der Waals surface area (Å²) in [6.07, 6.45) is 2.07. The van der Waals surface area contributed by atoms with E-state index >= 15 is 0 Å². The van der Waals surface area contributed by atoms with Gasteiger partial charge in [-0.25, -0.2) is 4.98 Å². The third-order valence-electron chi connectivity index (χ3n) is 3.51. The van der Waals surface area contributed by atoms with Gasteiger partial charge in [-0.3, -0.25) is 5.10 Å². The van der Waals surface area contributed by atoms with E-state index < -0.39 is 0 Å². The summed E-state index contributed by atoms with van der Waals surface area (Å²) in [5.74, 6) is 2.15. The van der Waals surface area contributed by atoms with Gasteiger partial charge in [-0.2, -0.15) is 5.10 Å². The van der Waals surface area contributed by atoms with E-state index in [1.54, 1.807) is 7.11 Å². The van der Waals surface area contributed by atoms with Crippen LogP contribution in [0.3, 0.4) is 0 Å². The maximum atomic E-state index is 6.19. The Hall–Kier alpha value is -1.92. The van der Waals surface area contributed by atoms with Crippen molar-refractivity contribution in [2.24, 2.45) is 5.73 Å². The number of nitrogens with two attached hydrogens (primary N) is 1. The molecule has 2 atom stereocenters. The monoisotopic (exact) mass is 274 g/mol. The zero-order valence-corrected chi connectivity index (χ0v) is 11.4. The smallest absolute Gasteiger partial charge is 0.171 e. The van der Waals surface area contributed by atoms with E-state index in [0.29, 0.717) is 5.82 Å². The molecule has 1 saturated heterocycles. The molecule has 106 valence electrons. The van der Waals surface area contributed by atoms with Crippen molar-refractivity contribution in [2.75, 3.05) is 13.7 Å². The molecule has 3 rings (SSSR count). The van der Waals surface area contributed by atoms with Crippen molar-refractivity contribution in [1.82, 2.24) is 15.2 Å². The maximum absolute atomic E-state index is 6.19. The number of rotatable bonds is 4. The molecule has 1 aromatic heterocycles. The molecule has 1 fully saturated rings. The van der Waals surface area contributed by atoms with Crippen LogP contribution in [0.2, 0.25) is 0 Å². The zero-order chi connectivity index (χ0) is 13.9. The molecule has 0 aliphatic carbocycles. The molecule has 6 heteroatoms. The second-order valence-corrected chi connectivity index (χ2v) is 4.83. The van der Waals surface area contributed by atoms with Crippen LogP contribution in [0, 0.1) is 0 Å². The Kier molecular flexibility index (Phi) is 3.66. The standard InChI is InChI=1S/C14H18N4O2/c1-19-10-6-4-9(5-7-10)12(15)14-16-13(17-18-14)11-3-2-8-20-11/h4-7,11-12H,2-3,8,15H2,1H3,(H,16,17,18)/t11-,12-/m0/s1. The highest BCUT2D eigenvalue weighted by atomic mass is 16.5. The lowest BCUT2D eigenvalue weighted by Gasteiger charge is -2.09. The molecular formula is C14H18N4O2. The van der Waals surface area contributed by atoms with Crippen molar-refractivity contribution in [3.63, 3.8) is 0 Å². The van der Waals surface area contributed by atoms with Crippen molar-refractivity contribution in [1.29, 1.82) is 0 Å². The number of methoxy groups -OCH3 is 1. The summed E-state index contributed by atoms with van der Waals surface area (Å²) in [6, 6.07) is 7.25. The van der Waals surface area contributed by atoms with Crippen LogP contribution in [0.15, 0.2) is 24.3 Å². The van der Waals surface area contributed by atoms with Crippen LogP contribution >= 0.6 is 0 Å². The molecule has 0 bridgehead atoms.